The first-order chi connectivity index (χ1) is 15.3. The van der Waals surface area contributed by atoms with Crippen molar-refractivity contribution in [2.24, 2.45) is 4.99 Å². The number of rotatable bonds is 7. The van der Waals surface area contributed by atoms with E-state index in [0.717, 1.165) is 39.8 Å². The molecule has 0 saturated heterocycles. The zero-order valence-electron chi connectivity index (χ0n) is 17.5. The van der Waals surface area contributed by atoms with Crippen molar-refractivity contribution in [1.29, 1.82) is 0 Å². The Morgan fingerprint density at radius 3 is 1.55 bits per heavy atom. The molecule has 0 saturated carbocycles. The van der Waals surface area contributed by atoms with E-state index >= 15 is 0 Å². The number of anilines is 3. The second-order valence-electron chi connectivity index (χ2n) is 6.79. The Morgan fingerprint density at radius 1 is 0.645 bits per heavy atom. The molecule has 5 nitrogen and oxygen atoms in total. The largest absolute Gasteiger partial charge is 0.497 e. The van der Waals surface area contributed by atoms with Crippen LogP contribution in [-0.2, 0) is 0 Å². The number of nitrogens with zero attached hydrogens (tertiary/aromatic N) is 3. The van der Waals surface area contributed by atoms with E-state index in [9.17, 15) is 0 Å². The number of aromatic nitrogens is 1. The second-order valence-corrected chi connectivity index (χ2v) is 6.79. The van der Waals surface area contributed by atoms with Crippen LogP contribution in [0.4, 0.5) is 22.7 Å². The van der Waals surface area contributed by atoms with Crippen LogP contribution >= 0.6 is 0 Å². The molecule has 0 unspecified atom stereocenters. The Morgan fingerprint density at radius 2 is 1.10 bits per heavy atom. The lowest BCUT2D eigenvalue weighted by atomic mass is 10.1. The van der Waals surface area contributed by atoms with Gasteiger partial charge in [-0.1, -0.05) is 0 Å². The van der Waals surface area contributed by atoms with Crippen LogP contribution in [0.1, 0.15) is 5.56 Å². The fourth-order valence-electron chi connectivity index (χ4n) is 3.20. The maximum atomic E-state index is 5.31. The second kappa shape index (κ2) is 9.59. The van der Waals surface area contributed by atoms with Crippen LogP contribution in [0.15, 0.2) is 102 Å². The molecule has 0 N–H and O–H groups in total. The molecule has 0 bridgehead atoms. The Hall–Kier alpha value is -4.12. The number of aliphatic imine (C=N–C) groups is 1. The SMILES string of the molecule is COc1ccc(N(c2ccc(N=Cc3ccncc3)cc2)c2ccc(OC)cc2)cc1. The molecular formula is C26H23N3O2. The minimum atomic E-state index is 0.819. The molecule has 154 valence electrons. The van der Waals surface area contributed by atoms with E-state index in [1.54, 1.807) is 26.6 Å². The van der Waals surface area contributed by atoms with Crippen LogP contribution in [0.25, 0.3) is 0 Å². The van der Waals surface area contributed by atoms with Crippen molar-refractivity contribution in [2.45, 2.75) is 0 Å². The van der Waals surface area contributed by atoms with E-state index in [1.807, 2.05) is 79.0 Å². The van der Waals surface area contributed by atoms with Gasteiger partial charge in [0.05, 0.1) is 19.9 Å². The van der Waals surface area contributed by atoms with Gasteiger partial charge in [0.15, 0.2) is 0 Å². The Balaban J connectivity index is 1.66. The average Bonchev–Trinajstić information content (AvgIpc) is 2.85. The summed E-state index contributed by atoms with van der Waals surface area (Å²) in [6.45, 7) is 0. The van der Waals surface area contributed by atoms with Gasteiger partial charge in [-0.3, -0.25) is 9.98 Å². The summed E-state index contributed by atoms with van der Waals surface area (Å²) in [5, 5.41) is 0. The van der Waals surface area contributed by atoms with E-state index in [1.165, 1.54) is 0 Å². The van der Waals surface area contributed by atoms with Gasteiger partial charge in [-0.2, -0.15) is 0 Å². The Labute approximate surface area is 182 Å². The summed E-state index contributed by atoms with van der Waals surface area (Å²) in [6.07, 6.45) is 5.35. The molecule has 3 aromatic carbocycles. The molecule has 4 rings (SSSR count). The van der Waals surface area contributed by atoms with E-state index in [4.69, 9.17) is 9.47 Å². The van der Waals surface area contributed by atoms with E-state index < -0.39 is 0 Å². The summed E-state index contributed by atoms with van der Waals surface area (Å²) in [6, 6.07) is 28.0. The summed E-state index contributed by atoms with van der Waals surface area (Å²) < 4.78 is 10.6. The average molecular weight is 409 g/mol. The number of hydrogen-bond donors (Lipinski definition) is 0. The molecule has 0 radical (unpaired) electrons. The lowest BCUT2D eigenvalue weighted by Crippen LogP contribution is -2.09. The summed E-state index contributed by atoms with van der Waals surface area (Å²) in [4.78, 5) is 10.8. The maximum absolute atomic E-state index is 5.31. The molecule has 0 aliphatic heterocycles. The molecule has 0 amide bonds. The van der Waals surface area contributed by atoms with Gasteiger partial charge in [-0.05, 0) is 90.5 Å². The minimum Gasteiger partial charge on any atom is -0.497 e. The van der Waals surface area contributed by atoms with Crippen molar-refractivity contribution in [1.82, 2.24) is 4.98 Å². The number of ether oxygens (including phenoxy) is 2. The van der Waals surface area contributed by atoms with E-state index in [-0.39, 0.29) is 0 Å². The molecule has 0 aliphatic rings. The van der Waals surface area contributed by atoms with E-state index in [0.29, 0.717) is 0 Å². The predicted octanol–water partition coefficient (Wildman–Crippen LogP) is 6.32. The van der Waals surface area contributed by atoms with Crippen molar-refractivity contribution in [2.75, 3.05) is 19.1 Å². The van der Waals surface area contributed by atoms with Gasteiger partial charge in [0.1, 0.15) is 11.5 Å². The smallest absolute Gasteiger partial charge is 0.119 e. The van der Waals surface area contributed by atoms with Crippen molar-refractivity contribution < 1.29 is 9.47 Å². The van der Waals surface area contributed by atoms with Crippen LogP contribution in [-0.4, -0.2) is 25.4 Å². The quantitative estimate of drug-likeness (QED) is 0.335. The molecule has 1 heterocycles. The van der Waals surface area contributed by atoms with Gasteiger partial charge < -0.3 is 14.4 Å². The molecular weight excluding hydrogens is 386 g/mol. The molecule has 31 heavy (non-hydrogen) atoms. The molecule has 4 aromatic rings. The fraction of sp³-hybridized carbons (Fsp3) is 0.0769. The summed E-state index contributed by atoms with van der Waals surface area (Å²) in [5.74, 6) is 1.64. The van der Waals surface area contributed by atoms with Gasteiger partial charge in [-0.25, -0.2) is 0 Å². The lowest BCUT2D eigenvalue weighted by Gasteiger charge is -2.25. The highest BCUT2D eigenvalue weighted by Crippen LogP contribution is 2.36. The van der Waals surface area contributed by atoms with Gasteiger partial charge in [0.2, 0.25) is 0 Å². The summed E-state index contributed by atoms with van der Waals surface area (Å²) >= 11 is 0. The molecule has 1 aromatic heterocycles. The normalized spacial score (nSPS) is 10.8. The number of hydrogen-bond acceptors (Lipinski definition) is 5. The van der Waals surface area contributed by atoms with Crippen molar-refractivity contribution in [3.63, 3.8) is 0 Å². The van der Waals surface area contributed by atoms with Crippen LogP contribution < -0.4 is 14.4 Å². The van der Waals surface area contributed by atoms with Gasteiger partial charge in [0.25, 0.3) is 0 Å². The summed E-state index contributed by atoms with van der Waals surface area (Å²) in [7, 11) is 3.34. The molecule has 0 atom stereocenters. The zero-order chi connectivity index (χ0) is 21.5. The van der Waals surface area contributed by atoms with Gasteiger partial charge in [0, 0.05) is 35.7 Å². The van der Waals surface area contributed by atoms with Crippen LogP contribution in [0, 0.1) is 0 Å². The fourth-order valence-corrected chi connectivity index (χ4v) is 3.20. The molecule has 0 aliphatic carbocycles. The zero-order valence-corrected chi connectivity index (χ0v) is 17.5. The van der Waals surface area contributed by atoms with Crippen LogP contribution in [0.3, 0.4) is 0 Å². The molecule has 0 fully saturated rings. The number of pyridine rings is 1. The monoisotopic (exact) mass is 409 g/mol. The van der Waals surface area contributed by atoms with Crippen LogP contribution in [0.2, 0.25) is 0 Å². The topological polar surface area (TPSA) is 47.0 Å². The molecule has 5 heteroatoms. The molecule has 0 spiro atoms. The van der Waals surface area contributed by atoms with Crippen molar-refractivity contribution in [3.8, 4) is 11.5 Å². The number of methoxy groups -OCH3 is 2. The predicted molar refractivity (Wildman–Crippen MR) is 126 cm³/mol. The van der Waals surface area contributed by atoms with Crippen molar-refractivity contribution >= 4 is 29.0 Å². The highest BCUT2D eigenvalue weighted by atomic mass is 16.5. The third-order valence-corrected chi connectivity index (χ3v) is 4.84. The first-order valence-electron chi connectivity index (χ1n) is 9.89. The Kier molecular flexibility index (Phi) is 6.24. The lowest BCUT2D eigenvalue weighted by molar-refractivity contribution is 0.415. The third-order valence-electron chi connectivity index (χ3n) is 4.84. The van der Waals surface area contributed by atoms with Gasteiger partial charge >= 0.3 is 0 Å². The Bertz CT molecular complexity index is 1080. The highest BCUT2D eigenvalue weighted by molar-refractivity contribution is 5.82. The van der Waals surface area contributed by atoms with Crippen molar-refractivity contribution in [3.05, 3.63) is 103 Å². The minimum absolute atomic E-state index is 0.819. The first-order valence-corrected chi connectivity index (χ1v) is 9.89. The van der Waals surface area contributed by atoms with Crippen LogP contribution in [0.5, 0.6) is 11.5 Å². The van der Waals surface area contributed by atoms with E-state index in [2.05, 4.69) is 27.0 Å². The highest BCUT2D eigenvalue weighted by Gasteiger charge is 2.13. The summed E-state index contributed by atoms with van der Waals surface area (Å²) in [5.41, 5.74) is 4.97. The standard InChI is InChI=1S/C26H23N3O2/c1-30-25-11-7-23(8-12-25)29(24-9-13-26(31-2)14-10-24)22-5-3-21(4-6-22)28-19-20-15-17-27-18-16-20/h3-19H,1-2H3. The van der Waals surface area contributed by atoms with Gasteiger partial charge in [-0.15, -0.1) is 0 Å². The number of benzene rings is 3. The maximum Gasteiger partial charge on any atom is 0.119 e. The first kappa shape index (κ1) is 20.2. The third kappa shape index (κ3) is 4.90.